The second-order valence-electron chi connectivity index (χ2n) is 5.03. The topological polar surface area (TPSA) is 56.8 Å². The molecule has 0 radical (unpaired) electrons. The number of methoxy groups -OCH3 is 2. The van der Waals surface area contributed by atoms with Crippen LogP contribution in [0.4, 0.5) is 5.69 Å². The van der Waals surface area contributed by atoms with E-state index in [1.165, 1.54) is 7.11 Å². The van der Waals surface area contributed by atoms with Crippen molar-refractivity contribution in [2.24, 2.45) is 0 Å². The van der Waals surface area contributed by atoms with Crippen molar-refractivity contribution >= 4 is 23.2 Å². The van der Waals surface area contributed by atoms with Gasteiger partial charge in [-0.3, -0.25) is 4.79 Å². The zero-order valence-electron chi connectivity index (χ0n) is 13.8. The van der Waals surface area contributed by atoms with E-state index in [1.807, 2.05) is 6.92 Å². The Morgan fingerprint density at radius 3 is 2.54 bits per heavy atom. The molecule has 0 aliphatic rings. The van der Waals surface area contributed by atoms with E-state index in [9.17, 15) is 4.79 Å². The Hall–Kier alpha value is -2.40. The monoisotopic (exact) mass is 349 g/mol. The summed E-state index contributed by atoms with van der Waals surface area (Å²) in [5.41, 5.74) is 0.523. The zero-order valence-corrected chi connectivity index (χ0v) is 14.6. The number of anilines is 1. The van der Waals surface area contributed by atoms with Gasteiger partial charge >= 0.3 is 0 Å². The molecule has 6 heteroatoms. The summed E-state index contributed by atoms with van der Waals surface area (Å²) in [5, 5.41) is 3.37. The van der Waals surface area contributed by atoms with Crippen molar-refractivity contribution < 1.29 is 19.0 Å². The van der Waals surface area contributed by atoms with Crippen LogP contribution in [-0.4, -0.2) is 26.2 Å². The molecule has 0 aromatic heterocycles. The molecule has 2 rings (SSSR count). The van der Waals surface area contributed by atoms with Gasteiger partial charge in [-0.2, -0.15) is 0 Å². The Morgan fingerprint density at radius 2 is 1.92 bits per heavy atom. The normalized spacial score (nSPS) is 11.5. The van der Waals surface area contributed by atoms with Gasteiger partial charge in [0.2, 0.25) is 0 Å². The number of halogens is 1. The molecule has 0 bridgehead atoms. The SMILES string of the molecule is CC[C@H](Oc1cccc(Cl)c1)C(=O)Nc1cc(OC)ccc1OC. The first kappa shape index (κ1) is 17.9. The Balaban J connectivity index is 2.14. The predicted molar refractivity (Wildman–Crippen MR) is 94.3 cm³/mol. The van der Waals surface area contributed by atoms with E-state index in [0.29, 0.717) is 34.4 Å². The summed E-state index contributed by atoms with van der Waals surface area (Å²) in [7, 11) is 3.10. The third kappa shape index (κ3) is 4.55. The fourth-order valence-corrected chi connectivity index (χ4v) is 2.33. The molecule has 5 nitrogen and oxygen atoms in total. The molecule has 0 aliphatic carbocycles. The highest BCUT2D eigenvalue weighted by molar-refractivity contribution is 6.30. The van der Waals surface area contributed by atoms with Crippen LogP contribution >= 0.6 is 11.6 Å². The van der Waals surface area contributed by atoms with Crippen molar-refractivity contribution in [1.29, 1.82) is 0 Å². The first-order valence-corrected chi connectivity index (χ1v) is 7.90. The molecular weight excluding hydrogens is 330 g/mol. The quantitative estimate of drug-likeness (QED) is 0.815. The minimum atomic E-state index is -0.653. The maximum atomic E-state index is 12.5. The first-order chi connectivity index (χ1) is 11.6. The highest BCUT2D eigenvalue weighted by Crippen LogP contribution is 2.29. The lowest BCUT2D eigenvalue weighted by molar-refractivity contribution is -0.122. The summed E-state index contributed by atoms with van der Waals surface area (Å²) in [6.45, 7) is 1.87. The number of benzene rings is 2. The molecule has 1 amide bonds. The van der Waals surface area contributed by atoms with Crippen LogP contribution in [0.25, 0.3) is 0 Å². The molecule has 0 saturated carbocycles. The molecule has 0 heterocycles. The molecule has 1 atom stereocenters. The number of rotatable bonds is 7. The molecule has 128 valence electrons. The van der Waals surface area contributed by atoms with E-state index < -0.39 is 6.10 Å². The Morgan fingerprint density at radius 1 is 1.12 bits per heavy atom. The molecular formula is C18H20ClNO4. The summed E-state index contributed by atoms with van der Waals surface area (Å²) in [4.78, 5) is 12.5. The van der Waals surface area contributed by atoms with Crippen molar-refractivity contribution in [1.82, 2.24) is 0 Å². The number of amides is 1. The molecule has 0 unspecified atom stereocenters. The number of hydrogen-bond donors (Lipinski definition) is 1. The lowest BCUT2D eigenvalue weighted by Crippen LogP contribution is -2.32. The van der Waals surface area contributed by atoms with E-state index in [-0.39, 0.29) is 5.91 Å². The van der Waals surface area contributed by atoms with E-state index in [4.69, 9.17) is 25.8 Å². The van der Waals surface area contributed by atoms with Gasteiger partial charge in [-0.05, 0) is 36.8 Å². The number of nitrogens with one attached hydrogen (secondary N) is 1. The van der Waals surface area contributed by atoms with Crippen LogP contribution in [0.1, 0.15) is 13.3 Å². The Bertz CT molecular complexity index is 705. The third-order valence-electron chi connectivity index (χ3n) is 3.40. The van der Waals surface area contributed by atoms with Gasteiger partial charge in [-0.1, -0.05) is 24.6 Å². The van der Waals surface area contributed by atoms with Crippen LogP contribution in [-0.2, 0) is 4.79 Å². The van der Waals surface area contributed by atoms with Crippen molar-refractivity contribution in [3.05, 3.63) is 47.5 Å². The van der Waals surface area contributed by atoms with E-state index in [1.54, 1.807) is 49.6 Å². The highest BCUT2D eigenvalue weighted by atomic mass is 35.5. The van der Waals surface area contributed by atoms with Crippen LogP contribution in [0.2, 0.25) is 5.02 Å². The second kappa shape index (κ2) is 8.45. The number of hydrogen-bond acceptors (Lipinski definition) is 4. The lowest BCUT2D eigenvalue weighted by Gasteiger charge is -2.18. The van der Waals surface area contributed by atoms with Crippen LogP contribution in [0, 0.1) is 0 Å². The largest absolute Gasteiger partial charge is 0.497 e. The van der Waals surface area contributed by atoms with Crippen molar-refractivity contribution in [3.8, 4) is 17.2 Å². The molecule has 0 spiro atoms. The third-order valence-corrected chi connectivity index (χ3v) is 3.64. The fourth-order valence-electron chi connectivity index (χ4n) is 2.15. The predicted octanol–water partition coefficient (Wildman–Crippen LogP) is 4.15. The van der Waals surface area contributed by atoms with Gasteiger partial charge in [0, 0.05) is 11.1 Å². The zero-order chi connectivity index (χ0) is 17.5. The summed E-state index contributed by atoms with van der Waals surface area (Å²) < 4.78 is 16.2. The molecule has 0 aliphatic heterocycles. The summed E-state index contributed by atoms with van der Waals surface area (Å²) >= 11 is 5.94. The van der Waals surface area contributed by atoms with Crippen LogP contribution in [0.15, 0.2) is 42.5 Å². The maximum absolute atomic E-state index is 12.5. The van der Waals surface area contributed by atoms with Gasteiger partial charge in [0.15, 0.2) is 6.10 Å². The summed E-state index contributed by atoms with van der Waals surface area (Å²) in [5.74, 6) is 1.43. The minimum absolute atomic E-state index is 0.274. The summed E-state index contributed by atoms with van der Waals surface area (Å²) in [6.07, 6.45) is -0.149. The van der Waals surface area contributed by atoms with Crippen molar-refractivity contribution in [2.75, 3.05) is 19.5 Å². The summed E-state index contributed by atoms with van der Waals surface area (Å²) in [6, 6.07) is 12.1. The molecule has 2 aromatic rings. The minimum Gasteiger partial charge on any atom is -0.497 e. The standard InChI is InChI=1S/C18H20ClNO4/c1-4-16(24-14-7-5-6-12(19)10-14)18(21)20-15-11-13(22-2)8-9-17(15)23-3/h5-11,16H,4H2,1-3H3,(H,20,21)/t16-/m0/s1. The molecule has 0 fully saturated rings. The van der Waals surface area contributed by atoms with Gasteiger partial charge in [0.05, 0.1) is 19.9 Å². The van der Waals surface area contributed by atoms with Gasteiger partial charge in [-0.25, -0.2) is 0 Å². The molecule has 24 heavy (non-hydrogen) atoms. The number of carbonyl (C=O) groups excluding carboxylic acids is 1. The van der Waals surface area contributed by atoms with Gasteiger partial charge in [0.1, 0.15) is 17.2 Å². The average molecular weight is 350 g/mol. The van der Waals surface area contributed by atoms with Crippen LogP contribution in [0.5, 0.6) is 17.2 Å². The average Bonchev–Trinajstić information content (AvgIpc) is 2.59. The number of carbonyl (C=O) groups is 1. The van der Waals surface area contributed by atoms with Gasteiger partial charge in [-0.15, -0.1) is 0 Å². The fraction of sp³-hybridized carbons (Fsp3) is 0.278. The van der Waals surface area contributed by atoms with Gasteiger partial charge in [0.25, 0.3) is 5.91 Å². The van der Waals surface area contributed by atoms with Crippen molar-refractivity contribution in [2.45, 2.75) is 19.4 Å². The molecule has 1 N–H and O–H groups in total. The van der Waals surface area contributed by atoms with E-state index in [2.05, 4.69) is 5.32 Å². The first-order valence-electron chi connectivity index (χ1n) is 7.52. The molecule has 0 saturated heterocycles. The molecule has 2 aromatic carbocycles. The smallest absolute Gasteiger partial charge is 0.265 e. The van der Waals surface area contributed by atoms with E-state index >= 15 is 0 Å². The Kier molecular flexibility index (Phi) is 6.32. The Labute approximate surface area is 146 Å². The number of ether oxygens (including phenoxy) is 3. The van der Waals surface area contributed by atoms with Gasteiger partial charge < -0.3 is 19.5 Å². The van der Waals surface area contributed by atoms with E-state index in [0.717, 1.165) is 0 Å². The lowest BCUT2D eigenvalue weighted by atomic mass is 10.2. The van der Waals surface area contributed by atoms with Crippen LogP contribution in [0.3, 0.4) is 0 Å². The second-order valence-corrected chi connectivity index (χ2v) is 5.46. The maximum Gasteiger partial charge on any atom is 0.265 e. The van der Waals surface area contributed by atoms with Crippen LogP contribution < -0.4 is 19.5 Å². The highest BCUT2D eigenvalue weighted by Gasteiger charge is 2.20. The van der Waals surface area contributed by atoms with Crippen molar-refractivity contribution in [3.63, 3.8) is 0 Å².